The zero-order chi connectivity index (χ0) is 20.4. The maximum absolute atomic E-state index is 10.8. The summed E-state index contributed by atoms with van der Waals surface area (Å²) in [6, 6.07) is 17.6. The van der Waals surface area contributed by atoms with E-state index in [0.717, 1.165) is 17.5 Å². The van der Waals surface area contributed by atoms with Crippen molar-refractivity contribution in [1.29, 1.82) is 0 Å². The molecule has 0 aliphatic rings. The highest BCUT2D eigenvalue weighted by atomic mass is 35.5. The molecule has 0 aliphatic carbocycles. The first-order chi connectivity index (χ1) is 12.8. The first-order valence-corrected chi connectivity index (χ1v) is 9.48. The number of benzene rings is 2. The predicted octanol–water partition coefficient (Wildman–Crippen LogP) is 4.82. The van der Waals surface area contributed by atoms with Crippen LogP contribution in [0.5, 0.6) is 0 Å². The molecule has 0 radical (unpaired) electrons. The number of aliphatic hydroxyl groups is 1. The van der Waals surface area contributed by atoms with Crippen molar-refractivity contribution in [2.45, 2.75) is 52.2 Å². The smallest absolute Gasteiger partial charge is 0.310 e. The van der Waals surface area contributed by atoms with E-state index in [9.17, 15) is 9.90 Å². The van der Waals surface area contributed by atoms with Crippen molar-refractivity contribution in [1.82, 2.24) is 5.32 Å². The number of hydrogen-bond acceptors (Lipinski definition) is 3. The zero-order valence-electron chi connectivity index (χ0n) is 17.4. The minimum Gasteiger partial charge on any atom is -0.481 e. The van der Waals surface area contributed by atoms with Gasteiger partial charge in [-0.25, -0.2) is 0 Å². The highest BCUT2D eigenvalue weighted by molar-refractivity contribution is 5.85. The maximum Gasteiger partial charge on any atom is 0.310 e. The Morgan fingerprint density at radius 3 is 1.89 bits per heavy atom. The Labute approximate surface area is 175 Å². The van der Waals surface area contributed by atoms with Gasteiger partial charge in [0.15, 0.2) is 0 Å². The standard InChI is InChI=1S/C13H18O2.C10H15NO.ClH/c1-9(2)8-11-4-6-12(7-5-11)10(3)13(14)15;1-8(11-2)10(12)9-6-4-3-5-7-9;/h4-7,9-10H,8H2,1-3H3,(H,14,15);3-8,10-12H,1-2H3;1H/t;8-,10+;/m.0./s1. The molecule has 0 aliphatic heterocycles. The van der Waals surface area contributed by atoms with Gasteiger partial charge >= 0.3 is 5.97 Å². The summed E-state index contributed by atoms with van der Waals surface area (Å²) in [7, 11) is 1.84. The molecule has 0 aromatic heterocycles. The van der Waals surface area contributed by atoms with Gasteiger partial charge in [0, 0.05) is 6.04 Å². The molecule has 2 aromatic carbocycles. The average Bonchev–Trinajstić information content (AvgIpc) is 2.67. The SMILES string of the molecule is CC(C)Cc1ccc(C(C)C(=O)O)cc1.CN[C@@H](C)[C@@H](O)c1ccccc1.Cl. The van der Waals surface area contributed by atoms with Crippen LogP contribution in [0.15, 0.2) is 54.6 Å². The number of carboxylic acid groups (broad SMARTS) is 1. The third-order valence-corrected chi connectivity index (χ3v) is 4.56. The Hall–Kier alpha value is -1.88. The molecule has 0 fully saturated rings. The topological polar surface area (TPSA) is 69.6 Å². The molecule has 0 saturated heterocycles. The van der Waals surface area contributed by atoms with E-state index in [4.69, 9.17) is 5.11 Å². The fourth-order valence-corrected chi connectivity index (χ4v) is 2.65. The van der Waals surface area contributed by atoms with Crippen LogP contribution in [0, 0.1) is 5.92 Å². The lowest BCUT2D eigenvalue weighted by Gasteiger charge is -2.17. The largest absolute Gasteiger partial charge is 0.481 e. The molecule has 0 bridgehead atoms. The van der Waals surface area contributed by atoms with E-state index in [0.29, 0.717) is 5.92 Å². The molecule has 1 unspecified atom stereocenters. The fourth-order valence-electron chi connectivity index (χ4n) is 2.65. The number of hydrogen-bond donors (Lipinski definition) is 3. The van der Waals surface area contributed by atoms with Gasteiger partial charge in [0.2, 0.25) is 0 Å². The molecule has 3 atom stereocenters. The number of carboxylic acids is 1. The summed E-state index contributed by atoms with van der Waals surface area (Å²) in [6.07, 6.45) is 0.623. The predicted molar refractivity (Wildman–Crippen MR) is 118 cm³/mol. The average molecular weight is 408 g/mol. The summed E-state index contributed by atoms with van der Waals surface area (Å²) < 4.78 is 0. The summed E-state index contributed by atoms with van der Waals surface area (Å²) in [6.45, 7) is 8.01. The van der Waals surface area contributed by atoms with Gasteiger partial charge in [-0.2, -0.15) is 0 Å². The number of halogens is 1. The van der Waals surface area contributed by atoms with Gasteiger partial charge in [-0.3, -0.25) is 4.79 Å². The van der Waals surface area contributed by atoms with Crippen molar-refractivity contribution in [2.24, 2.45) is 5.92 Å². The van der Waals surface area contributed by atoms with E-state index in [1.54, 1.807) is 6.92 Å². The molecular weight excluding hydrogens is 374 g/mol. The number of rotatable bonds is 7. The molecule has 0 saturated carbocycles. The van der Waals surface area contributed by atoms with Gasteiger partial charge < -0.3 is 15.5 Å². The fraction of sp³-hybridized carbons (Fsp3) is 0.435. The minimum absolute atomic E-state index is 0. The van der Waals surface area contributed by atoms with Crippen LogP contribution in [0.25, 0.3) is 0 Å². The van der Waals surface area contributed by atoms with Gasteiger partial charge in [0.05, 0.1) is 12.0 Å². The molecule has 0 spiro atoms. The van der Waals surface area contributed by atoms with Gasteiger partial charge in [-0.15, -0.1) is 12.4 Å². The number of nitrogens with one attached hydrogen (secondary N) is 1. The summed E-state index contributed by atoms with van der Waals surface area (Å²) in [5.74, 6) is -0.558. The lowest BCUT2D eigenvalue weighted by atomic mass is 9.97. The van der Waals surface area contributed by atoms with Crippen molar-refractivity contribution in [3.8, 4) is 0 Å². The lowest BCUT2D eigenvalue weighted by molar-refractivity contribution is -0.138. The molecule has 0 heterocycles. The Balaban J connectivity index is 0.000000514. The molecule has 5 heteroatoms. The van der Waals surface area contributed by atoms with Crippen molar-refractivity contribution in [3.63, 3.8) is 0 Å². The van der Waals surface area contributed by atoms with Crippen LogP contribution in [0.4, 0.5) is 0 Å². The molecule has 2 rings (SSSR count). The number of aliphatic hydroxyl groups excluding tert-OH is 1. The van der Waals surface area contributed by atoms with E-state index in [1.165, 1.54) is 5.56 Å². The lowest BCUT2D eigenvalue weighted by Crippen LogP contribution is -2.28. The van der Waals surface area contributed by atoms with Gasteiger partial charge in [-0.1, -0.05) is 68.4 Å². The van der Waals surface area contributed by atoms with E-state index in [-0.39, 0.29) is 18.4 Å². The number of likely N-dealkylation sites (N-methyl/N-ethyl adjacent to an activating group) is 1. The summed E-state index contributed by atoms with van der Waals surface area (Å²) in [4.78, 5) is 10.8. The quantitative estimate of drug-likeness (QED) is 0.615. The normalized spacial score (nSPS) is 13.5. The molecule has 156 valence electrons. The third-order valence-electron chi connectivity index (χ3n) is 4.56. The van der Waals surface area contributed by atoms with Crippen molar-refractivity contribution >= 4 is 18.4 Å². The first-order valence-electron chi connectivity index (χ1n) is 9.48. The molecule has 2 aromatic rings. The molecule has 3 N–H and O–H groups in total. The van der Waals surface area contributed by atoms with E-state index in [1.807, 2.05) is 68.6 Å². The van der Waals surface area contributed by atoms with Crippen LogP contribution in [0.2, 0.25) is 0 Å². The van der Waals surface area contributed by atoms with Gasteiger partial charge in [0.25, 0.3) is 0 Å². The van der Waals surface area contributed by atoms with Crippen LogP contribution in [-0.4, -0.2) is 29.3 Å². The van der Waals surface area contributed by atoms with E-state index < -0.39 is 18.0 Å². The van der Waals surface area contributed by atoms with E-state index in [2.05, 4.69) is 19.2 Å². The molecule has 4 nitrogen and oxygen atoms in total. The summed E-state index contributed by atoms with van der Waals surface area (Å²) in [5.41, 5.74) is 3.10. The Kier molecular flexibility index (Phi) is 12.4. The van der Waals surface area contributed by atoms with Crippen LogP contribution in [0.1, 0.15) is 56.4 Å². The molecular formula is C23H34ClNO3. The van der Waals surface area contributed by atoms with Gasteiger partial charge in [0.1, 0.15) is 0 Å². The second-order valence-electron chi connectivity index (χ2n) is 7.33. The van der Waals surface area contributed by atoms with Gasteiger partial charge in [-0.05, 0) is 49.9 Å². The number of carbonyl (C=O) groups is 1. The van der Waals surface area contributed by atoms with Crippen LogP contribution < -0.4 is 5.32 Å². The van der Waals surface area contributed by atoms with Crippen LogP contribution >= 0.6 is 12.4 Å². The van der Waals surface area contributed by atoms with Crippen LogP contribution in [-0.2, 0) is 11.2 Å². The monoisotopic (exact) mass is 407 g/mol. The number of aliphatic carboxylic acids is 1. The van der Waals surface area contributed by atoms with Crippen LogP contribution in [0.3, 0.4) is 0 Å². The second kappa shape index (κ2) is 13.3. The Morgan fingerprint density at radius 2 is 1.46 bits per heavy atom. The summed E-state index contributed by atoms with van der Waals surface area (Å²) >= 11 is 0. The third kappa shape index (κ3) is 8.87. The molecule has 28 heavy (non-hydrogen) atoms. The molecule has 0 amide bonds. The Morgan fingerprint density at radius 1 is 0.929 bits per heavy atom. The highest BCUT2D eigenvalue weighted by Gasteiger charge is 2.13. The highest BCUT2D eigenvalue weighted by Crippen LogP contribution is 2.17. The first kappa shape index (κ1) is 26.1. The Bertz CT molecular complexity index is 674. The van der Waals surface area contributed by atoms with E-state index >= 15 is 0 Å². The van der Waals surface area contributed by atoms with Crippen molar-refractivity contribution < 1.29 is 15.0 Å². The summed E-state index contributed by atoms with van der Waals surface area (Å²) in [5, 5.41) is 21.6. The minimum atomic E-state index is -0.772. The maximum atomic E-state index is 10.8. The second-order valence-corrected chi connectivity index (χ2v) is 7.33. The van der Waals surface area contributed by atoms with Crippen molar-refractivity contribution in [2.75, 3.05) is 7.05 Å². The van der Waals surface area contributed by atoms with Crippen molar-refractivity contribution in [3.05, 3.63) is 71.3 Å². The zero-order valence-corrected chi connectivity index (χ0v) is 18.2.